The number of carbonyl (C=O) groups is 2. The Balaban J connectivity index is 2.11. The van der Waals surface area contributed by atoms with Gasteiger partial charge in [0.2, 0.25) is 21.8 Å². The lowest BCUT2D eigenvalue weighted by Crippen LogP contribution is -2.54. The van der Waals surface area contributed by atoms with Crippen LogP contribution in [0.1, 0.15) is 25.0 Å². The molecule has 7 nitrogen and oxygen atoms in total. The summed E-state index contributed by atoms with van der Waals surface area (Å²) < 4.78 is 26.6. The fourth-order valence-corrected chi connectivity index (χ4v) is 5.69. The molecule has 214 valence electrons. The number of halogens is 4. The molecule has 0 aromatic heterocycles. The third-order valence-electron chi connectivity index (χ3n) is 5.96. The lowest BCUT2D eigenvalue weighted by molar-refractivity contribution is -0.140. The van der Waals surface area contributed by atoms with E-state index in [1.54, 1.807) is 18.2 Å². The van der Waals surface area contributed by atoms with Crippen molar-refractivity contribution in [3.05, 3.63) is 97.9 Å². The third kappa shape index (κ3) is 8.51. The summed E-state index contributed by atoms with van der Waals surface area (Å²) in [7, 11) is -3.96. The summed E-state index contributed by atoms with van der Waals surface area (Å²) in [6.45, 7) is 2.87. The Morgan fingerprint density at radius 1 is 0.850 bits per heavy atom. The van der Waals surface area contributed by atoms with E-state index in [1.165, 1.54) is 23.1 Å². The molecule has 0 aliphatic carbocycles. The zero-order valence-electron chi connectivity index (χ0n) is 22.1. The van der Waals surface area contributed by atoms with E-state index in [2.05, 4.69) is 5.32 Å². The number of amides is 2. The van der Waals surface area contributed by atoms with Gasteiger partial charge in [-0.1, -0.05) is 82.8 Å². The summed E-state index contributed by atoms with van der Waals surface area (Å²) in [4.78, 5) is 28.9. The quantitative estimate of drug-likeness (QED) is 0.268. The Morgan fingerprint density at radius 3 is 2.02 bits per heavy atom. The molecule has 3 aromatic rings. The van der Waals surface area contributed by atoms with Gasteiger partial charge in [-0.3, -0.25) is 13.9 Å². The molecule has 2 amide bonds. The van der Waals surface area contributed by atoms with E-state index in [9.17, 15) is 18.0 Å². The molecule has 0 saturated carbocycles. The van der Waals surface area contributed by atoms with Crippen molar-refractivity contribution < 1.29 is 18.0 Å². The average Bonchev–Trinajstić information content (AvgIpc) is 2.87. The Hall–Kier alpha value is -2.49. The normalized spacial score (nSPS) is 12.2. The van der Waals surface area contributed by atoms with Crippen LogP contribution in [0.2, 0.25) is 20.1 Å². The van der Waals surface area contributed by atoms with Crippen LogP contribution in [0.3, 0.4) is 0 Å². The van der Waals surface area contributed by atoms with E-state index in [4.69, 9.17) is 46.4 Å². The van der Waals surface area contributed by atoms with Crippen molar-refractivity contribution in [1.82, 2.24) is 10.2 Å². The van der Waals surface area contributed by atoms with Crippen LogP contribution in [0.4, 0.5) is 5.69 Å². The summed E-state index contributed by atoms with van der Waals surface area (Å²) in [6, 6.07) is 17.2. The molecule has 1 atom stereocenters. The molecule has 1 N–H and O–H groups in total. The molecule has 1 unspecified atom stereocenters. The first-order valence-electron chi connectivity index (χ1n) is 12.3. The van der Waals surface area contributed by atoms with Crippen LogP contribution in [0.5, 0.6) is 0 Å². The minimum Gasteiger partial charge on any atom is -0.352 e. The van der Waals surface area contributed by atoms with Gasteiger partial charge in [0, 0.05) is 34.6 Å². The average molecular weight is 645 g/mol. The van der Waals surface area contributed by atoms with Gasteiger partial charge in [-0.05, 0) is 49.7 Å². The number of hydrogen-bond donors (Lipinski definition) is 1. The van der Waals surface area contributed by atoms with E-state index >= 15 is 0 Å². The summed E-state index contributed by atoms with van der Waals surface area (Å²) in [5.74, 6) is -1.05. The van der Waals surface area contributed by atoms with Gasteiger partial charge in [0.05, 0.1) is 22.0 Å². The fraction of sp³-hybridized carbons (Fsp3) is 0.286. The largest absolute Gasteiger partial charge is 0.352 e. The standard InChI is InChI=1S/C28H29Cl4N3O4S/c1-18(2)33-28(37)26(14-19-8-5-4-6-9-19)34(16-21-22(29)10-7-11-23(21)30)27(36)17-35(40(3,38)39)20-12-13-24(31)25(32)15-20/h4-13,15,18,26H,14,16-17H2,1-3H3,(H,33,37). The van der Waals surface area contributed by atoms with Crippen LogP contribution in [0.25, 0.3) is 0 Å². The highest BCUT2D eigenvalue weighted by Gasteiger charge is 2.34. The number of anilines is 1. The zero-order chi connectivity index (χ0) is 29.6. The second kappa shape index (κ2) is 13.9. The van der Waals surface area contributed by atoms with E-state index in [0.29, 0.717) is 15.6 Å². The predicted octanol–water partition coefficient (Wildman–Crippen LogP) is 6.23. The van der Waals surface area contributed by atoms with Crippen LogP contribution in [-0.4, -0.2) is 50.0 Å². The first-order chi connectivity index (χ1) is 18.8. The van der Waals surface area contributed by atoms with Gasteiger partial charge < -0.3 is 10.2 Å². The van der Waals surface area contributed by atoms with Crippen LogP contribution >= 0.6 is 46.4 Å². The molecule has 3 aromatic carbocycles. The summed E-state index contributed by atoms with van der Waals surface area (Å²) in [5, 5.41) is 3.84. The third-order valence-corrected chi connectivity index (χ3v) is 8.55. The minimum atomic E-state index is -3.96. The summed E-state index contributed by atoms with van der Waals surface area (Å²) in [6.07, 6.45) is 1.14. The summed E-state index contributed by atoms with van der Waals surface area (Å²) >= 11 is 25.1. The van der Waals surface area contributed by atoms with E-state index in [0.717, 1.165) is 16.1 Å². The van der Waals surface area contributed by atoms with Crippen molar-refractivity contribution in [2.45, 2.75) is 38.9 Å². The molecule has 12 heteroatoms. The second-order valence-electron chi connectivity index (χ2n) is 9.46. The van der Waals surface area contributed by atoms with Crippen LogP contribution in [0, 0.1) is 0 Å². The van der Waals surface area contributed by atoms with Crippen LogP contribution < -0.4 is 9.62 Å². The molecule has 0 aliphatic rings. The van der Waals surface area contributed by atoms with Crippen molar-refractivity contribution in [3.63, 3.8) is 0 Å². The number of benzene rings is 3. The molecule has 0 aliphatic heterocycles. The maximum absolute atomic E-state index is 14.1. The Morgan fingerprint density at radius 2 is 1.48 bits per heavy atom. The molecule has 0 saturated heterocycles. The van der Waals surface area contributed by atoms with Crippen molar-refractivity contribution in [2.75, 3.05) is 17.1 Å². The van der Waals surface area contributed by atoms with Gasteiger partial charge in [-0.25, -0.2) is 8.42 Å². The number of sulfonamides is 1. The molecule has 0 heterocycles. The number of nitrogens with one attached hydrogen (secondary N) is 1. The lowest BCUT2D eigenvalue weighted by Gasteiger charge is -2.34. The fourth-order valence-electron chi connectivity index (χ4n) is 4.04. The molecule has 0 fully saturated rings. The van der Waals surface area contributed by atoms with Gasteiger partial charge in [-0.15, -0.1) is 0 Å². The predicted molar refractivity (Wildman–Crippen MR) is 163 cm³/mol. The van der Waals surface area contributed by atoms with E-state index in [-0.39, 0.29) is 34.7 Å². The van der Waals surface area contributed by atoms with Gasteiger partial charge in [-0.2, -0.15) is 0 Å². The molecule has 0 spiro atoms. The Labute approximate surface area is 255 Å². The van der Waals surface area contributed by atoms with Crippen molar-refractivity contribution >= 4 is 73.9 Å². The van der Waals surface area contributed by atoms with Gasteiger partial charge in [0.15, 0.2) is 0 Å². The van der Waals surface area contributed by atoms with Crippen LogP contribution in [-0.2, 0) is 32.6 Å². The molecule has 3 rings (SSSR count). The van der Waals surface area contributed by atoms with Crippen molar-refractivity contribution in [2.24, 2.45) is 0 Å². The monoisotopic (exact) mass is 643 g/mol. The highest BCUT2D eigenvalue weighted by Crippen LogP contribution is 2.30. The number of nitrogens with zero attached hydrogens (tertiary/aromatic N) is 2. The number of carbonyl (C=O) groups excluding carboxylic acids is 2. The van der Waals surface area contributed by atoms with Gasteiger partial charge >= 0.3 is 0 Å². The minimum absolute atomic E-state index is 0.123. The maximum Gasteiger partial charge on any atom is 0.244 e. The first kappa shape index (κ1) is 32.0. The molecular weight excluding hydrogens is 616 g/mol. The molecule has 0 bridgehead atoms. The number of rotatable bonds is 11. The van der Waals surface area contributed by atoms with E-state index < -0.39 is 34.4 Å². The first-order valence-corrected chi connectivity index (χ1v) is 15.6. The smallest absolute Gasteiger partial charge is 0.244 e. The second-order valence-corrected chi connectivity index (χ2v) is 13.0. The molecular formula is C28H29Cl4N3O4S. The SMILES string of the molecule is CC(C)NC(=O)C(Cc1ccccc1)N(Cc1c(Cl)cccc1Cl)C(=O)CN(c1ccc(Cl)c(Cl)c1)S(C)(=O)=O. The van der Waals surface area contributed by atoms with E-state index in [1.807, 2.05) is 44.2 Å². The highest BCUT2D eigenvalue weighted by atomic mass is 35.5. The summed E-state index contributed by atoms with van der Waals surface area (Å²) in [5.41, 5.74) is 1.38. The highest BCUT2D eigenvalue weighted by molar-refractivity contribution is 7.92. The van der Waals surface area contributed by atoms with Gasteiger partial charge in [0.1, 0.15) is 12.6 Å². The topological polar surface area (TPSA) is 86.8 Å². The van der Waals surface area contributed by atoms with Crippen molar-refractivity contribution in [1.29, 1.82) is 0 Å². The lowest BCUT2D eigenvalue weighted by atomic mass is 10.0. The zero-order valence-corrected chi connectivity index (χ0v) is 25.9. The van der Waals surface area contributed by atoms with Gasteiger partial charge in [0.25, 0.3) is 0 Å². The molecule has 0 radical (unpaired) electrons. The number of hydrogen-bond acceptors (Lipinski definition) is 4. The Kier molecular flexibility index (Phi) is 11.1. The maximum atomic E-state index is 14.1. The Bertz CT molecular complexity index is 1450. The van der Waals surface area contributed by atoms with Crippen LogP contribution in [0.15, 0.2) is 66.7 Å². The molecule has 40 heavy (non-hydrogen) atoms. The van der Waals surface area contributed by atoms with Crippen molar-refractivity contribution in [3.8, 4) is 0 Å².